The Kier molecular flexibility index (Phi) is 7.56. The quantitative estimate of drug-likeness (QED) is 0.497. The topological polar surface area (TPSA) is 97.0 Å². The minimum atomic E-state index is -0.982. The summed E-state index contributed by atoms with van der Waals surface area (Å²) in [5.41, 5.74) is 2.52. The van der Waals surface area contributed by atoms with Gasteiger partial charge in [0.2, 0.25) is 0 Å². The van der Waals surface area contributed by atoms with Crippen molar-refractivity contribution in [2.75, 3.05) is 41.8 Å². The van der Waals surface area contributed by atoms with Gasteiger partial charge in [-0.15, -0.1) is 11.3 Å². The van der Waals surface area contributed by atoms with Gasteiger partial charge in [0.1, 0.15) is 0 Å². The number of thiophene rings is 1. The Hall–Kier alpha value is -3.69. The number of ether oxygens (including phenoxy) is 2. The van der Waals surface area contributed by atoms with Crippen LogP contribution in [0, 0.1) is 0 Å². The van der Waals surface area contributed by atoms with Crippen LogP contribution in [0.1, 0.15) is 27.0 Å². The minimum Gasteiger partial charge on any atom is -0.449 e. The Morgan fingerprint density at radius 3 is 2.24 bits per heavy atom. The molecule has 4 rings (SSSR count). The first-order chi connectivity index (χ1) is 16.5. The van der Waals surface area contributed by atoms with Crippen LogP contribution in [0.15, 0.2) is 66.0 Å². The molecule has 0 bridgehead atoms. The zero-order chi connectivity index (χ0) is 23.9. The van der Waals surface area contributed by atoms with E-state index < -0.39 is 18.0 Å². The number of benzene rings is 2. The van der Waals surface area contributed by atoms with Gasteiger partial charge in [-0.3, -0.25) is 9.59 Å². The fraction of sp³-hybridized carbons (Fsp3) is 0.240. The van der Waals surface area contributed by atoms with E-state index in [4.69, 9.17) is 9.47 Å². The van der Waals surface area contributed by atoms with Gasteiger partial charge in [0.05, 0.1) is 23.7 Å². The lowest BCUT2D eigenvalue weighted by molar-refractivity contribution is -0.123. The maximum absolute atomic E-state index is 12.5. The molecule has 0 saturated carbocycles. The van der Waals surface area contributed by atoms with E-state index in [9.17, 15) is 14.4 Å². The molecule has 1 fully saturated rings. The molecule has 1 atom stereocenters. The third-order valence-electron chi connectivity index (χ3n) is 5.29. The van der Waals surface area contributed by atoms with Crippen LogP contribution in [0.25, 0.3) is 0 Å². The van der Waals surface area contributed by atoms with Gasteiger partial charge >= 0.3 is 5.97 Å². The second-order valence-electron chi connectivity index (χ2n) is 7.69. The molecule has 2 amide bonds. The van der Waals surface area contributed by atoms with Crippen molar-refractivity contribution >= 4 is 46.2 Å². The molecule has 2 heterocycles. The van der Waals surface area contributed by atoms with Crippen molar-refractivity contribution in [2.24, 2.45) is 0 Å². The van der Waals surface area contributed by atoms with E-state index in [1.54, 1.807) is 36.4 Å². The van der Waals surface area contributed by atoms with E-state index in [0.29, 0.717) is 29.5 Å². The van der Waals surface area contributed by atoms with E-state index in [0.717, 1.165) is 18.8 Å². The van der Waals surface area contributed by atoms with Crippen molar-refractivity contribution in [2.45, 2.75) is 13.0 Å². The maximum atomic E-state index is 12.5. The lowest BCUT2D eigenvalue weighted by Gasteiger charge is -2.28. The van der Waals surface area contributed by atoms with Gasteiger partial charge in [-0.25, -0.2) is 4.79 Å². The molecule has 34 heavy (non-hydrogen) atoms. The number of carbonyl (C=O) groups is 3. The predicted octanol–water partition coefficient (Wildman–Crippen LogP) is 4.02. The van der Waals surface area contributed by atoms with Crippen LogP contribution >= 0.6 is 11.3 Å². The van der Waals surface area contributed by atoms with Crippen LogP contribution in [0.2, 0.25) is 0 Å². The van der Waals surface area contributed by atoms with Crippen molar-refractivity contribution in [3.63, 3.8) is 0 Å². The number of morpholine rings is 1. The standard InChI is InChI=1S/C25H25N3O5S/c1-17(23(29)26-20-8-10-21(11-9-20)28-12-14-32-15-13-28)33-25(31)18-4-6-19(7-5-18)27-24(30)22-3-2-16-34-22/h2-11,16-17H,12-15H2,1H3,(H,26,29)(H,27,30)/t17-/m1/s1. The van der Waals surface area contributed by atoms with Crippen molar-refractivity contribution in [1.29, 1.82) is 0 Å². The highest BCUT2D eigenvalue weighted by atomic mass is 32.1. The third-order valence-corrected chi connectivity index (χ3v) is 6.16. The molecule has 176 valence electrons. The van der Waals surface area contributed by atoms with E-state index in [-0.39, 0.29) is 11.5 Å². The Balaban J connectivity index is 1.27. The zero-order valence-corrected chi connectivity index (χ0v) is 19.5. The van der Waals surface area contributed by atoms with Crippen molar-refractivity contribution in [3.8, 4) is 0 Å². The van der Waals surface area contributed by atoms with Crippen LogP contribution < -0.4 is 15.5 Å². The molecule has 1 aliphatic rings. The highest BCUT2D eigenvalue weighted by molar-refractivity contribution is 7.12. The average molecular weight is 480 g/mol. The lowest BCUT2D eigenvalue weighted by Crippen LogP contribution is -2.36. The first kappa shape index (κ1) is 23.5. The maximum Gasteiger partial charge on any atom is 0.338 e. The van der Waals surface area contributed by atoms with Gasteiger partial charge < -0.3 is 25.0 Å². The molecule has 2 N–H and O–H groups in total. The van der Waals surface area contributed by atoms with Crippen LogP contribution in [-0.2, 0) is 14.3 Å². The average Bonchev–Trinajstić information content (AvgIpc) is 3.41. The minimum absolute atomic E-state index is 0.214. The fourth-order valence-electron chi connectivity index (χ4n) is 3.39. The number of hydrogen-bond donors (Lipinski definition) is 2. The summed E-state index contributed by atoms with van der Waals surface area (Å²) in [5.74, 6) is -1.26. The molecular weight excluding hydrogens is 454 g/mol. The zero-order valence-electron chi connectivity index (χ0n) is 18.7. The van der Waals surface area contributed by atoms with Gasteiger partial charge in [-0.2, -0.15) is 0 Å². The number of anilines is 3. The number of carbonyl (C=O) groups excluding carboxylic acids is 3. The summed E-state index contributed by atoms with van der Waals surface area (Å²) in [5, 5.41) is 7.36. The molecule has 9 heteroatoms. The molecular formula is C25H25N3O5S. The van der Waals surface area contributed by atoms with E-state index in [2.05, 4.69) is 15.5 Å². The van der Waals surface area contributed by atoms with Crippen LogP contribution in [0.3, 0.4) is 0 Å². The molecule has 8 nitrogen and oxygen atoms in total. The Labute approximate surface area is 201 Å². The largest absolute Gasteiger partial charge is 0.449 e. The summed E-state index contributed by atoms with van der Waals surface area (Å²) in [7, 11) is 0. The second-order valence-corrected chi connectivity index (χ2v) is 8.64. The Bertz CT molecular complexity index is 1120. The smallest absolute Gasteiger partial charge is 0.338 e. The van der Waals surface area contributed by atoms with Crippen LogP contribution in [-0.4, -0.2) is 50.2 Å². The molecule has 3 aromatic rings. The summed E-state index contributed by atoms with van der Waals surface area (Å²) < 4.78 is 10.7. The number of rotatable bonds is 7. The Morgan fingerprint density at radius 1 is 0.941 bits per heavy atom. The Morgan fingerprint density at radius 2 is 1.59 bits per heavy atom. The number of nitrogens with zero attached hydrogens (tertiary/aromatic N) is 1. The lowest BCUT2D eigenvalue weighted by atomic mass is 10.2. The molecule has 2 aromatic carbocycles. The SMILES string of the molecule is C[C@@H](OC(=O)c1ccc(NC(=O)c2cccs2)cc1)C(=O)Nc1ccc(N2CCOCC2)cc1. The number of hydrogen-bond acceptors (Lipinski definition) is 7. The van der Waals surface area contributed by atoms with E-state index in [1.807, 2.05) is 29.6 Å². The number of nitrogens with one attached hydrogen (secondary N) is 2. The summed E-state index contributed by atoms with van der Waals surface area (Å²) in [6, 6.07) is 17.4. The molecule has 0 aliphatic carbocycles. The van der Waals surface area contributed by atoms with E-state index >= 15 is 0 Å². The highest BCUT2D eigenvalue weighted by Crippen LogP contribution is 2.20. The number of esters is 1. The second kappa shape index (κ2) is 11.0. The van der Waals surface area contributed by atoms with Crippen LogP contribution in [0.4, 0.5) is 17.1 Å². The monoisotopic (exact) mass is 479 g/mol. The first-order valence-electron chi connectivity index (χ1n) is 10.9. The molecule has 0 radical (unpaired) electrons. The fourth-order valence-corrected chi connectivity index (χ4v) is 4.01. The molecule has 0 unspecified atom stereocenters. The van der Waals surface area contributed by atoms with Crippen molar-refractivity contribution in [3.05, 3.63) is 76.5 Å². The highest BCUT2D eigenvalue weighted by Gasteiger charge is 2.20. The molecule has 1 aliphatic heterocycles. The number of amides is 2. The van der Waals surface area contributed by atoms with Gasteiger partial charge in [0, 0.05) is 30.2 Å². The molecule has 0 spiro atoms. The summed E-state index contributed by atoms with van der Waals surface area (Å²) >= 11 is 1.34. The van der Waals surface area contributed by atoms with E-state index in [1.165, 1.54) is 18.3 Å². The first-order valence-corrected chi connectivity index (χ1v) is 11.8. The van der Waals surface area contributed by atoms with Crippen molar-refractivity contribution in [1.82, 2.24) is 0 Å². The molecule has 1 saturated heterocycles. The summed E-state index contributed by atoms with van der Waals surface area (Å²) in [6.45, 7) is 4.59. The van der Waals surface area contributed by atoms with Gasteiger partial charge in [0.15, 0.2) is 6.10 Å². The third kappa shape index (κ3) is 6.00. The normalized spacial score (nSPS) is 14.2. The van der Waals surface area contributed by atoms with Crippen molar-refractivity contribution < 1.29 is 23.9 Å². The summed E-state index contributed by atoms with van der Waals surface area (Å²) in [6.07, 6.45) is -0.982. The van der Waals surface area contributed by atoms with Gasteiger partial charge in [-0.05, 0) is 66.9 Å². The van der Waals surface area contributed by atoms with Crippen LogP contribution in [0.5, 0.6) is 0 Å². The van der Waals surface area contributed by atoms with Gasteiger partial charge in [-0.1, -0.05) is 6.07 Å². The summed E-state index contributed by atoms with van der Waals surface area (Å²) in [4.78, 5) is 39.9. The predicted molar refractivity (Wildman–Crippen MR) is 132 cm³/mol. The molecule has 1 aromatic heterocycles. The van der Waals surface area contributed by atoms with Gasteiger partial charge in [0.25, 0.3) is 11.8 Å².